The van der Waals surface area contributed by atoms with Crippen molar-refractivity contribution in [2.75, 3.05) is 5.32 Å². The van der Waals surface area contributed by atoms with Crippen LogP contribution in [0.5, 0.6) is 5.75 Å². The number of carbonyl (C=O) groups is 1. The summed E-state index contributed by atoms with van der Waals surface area (Å²) >= 11 is 0. The summed E-state index contributed by atoms with van der Waals surface area (Å²) in [5, 5.41) is 2.56. The van der Waals surface area contributed by atoms with Crippen molar-refractivity contribution >= 4 is 11.6 Å². The minimum absolute atomic E-state index is 0.116. The van der Waals surface area contributed by atoms with E-state index in [4.69, 9.17) is 4.74 Å². The molecule has 1 aliphatic rings. The fourth-order valence-corrected chi connectivity index (χ4v) is 1.75. The first-order valence-electron chi connectivity index (χ1n) is 5.82. The third kappa shape index (κ3) is 2.05. The van der Waals surface area contributed by atoms with Crippen molar-refractivity contribution < 1.29 is 18.3 Å². The maximum Gasteiger partial charge on any atom is 0.275 e. The van der Waals surface area contributed by atoms with Crippen molar-refractivity contribution in [3.63, 3.8) is 0 Å². The van der Waals surface area contributed by atoms with Gasteiger partial charge in [0.05, 0.1) is 5.69 Å². The molecule has 0 aliphatic carbocycles. The molecular weight excluding hydrogens is 240 g/mol. The lowest BCUT2D eigenvalue weighted by Gasteiger charge is -2.26. The zero-order chi connectivity index (χ0) is 13.5. The predicted molar refractivity (Wildman–Crippen MR) is 63.9 cm³/mol. The maximum absolute atomic E-state index is 13.9. The van der Waals surface area contributed by atoms with Gasteiger partial charge in [-0.25, -0.2) is 8.78 Å². The van der Waals surface area contributed by atoms with Crippen LogP contribution in [-0.4, -0.2) is 12.0 Å². The number of ether oxygens (including phenoxy) is 1. The standard InChI is InChI=1S/C13H15F2NO2/c1-7(2)13(14,15)9-4-5-11-10(6-9)16-12(17)8(3)18-11/h4-8H,1-3H3,(H,16,17). The molecule has 1 atom stereocenters. The molecule has 0 aromatic heterocycles. The van der Waals surface area contributed by atoms with Crippen molar-refractivity contribution in [3.8, 4) is 5.75 Å². The summed E-state index contributed by atoms with van der Waals surface area (Å²) in [4.78, 5) is 11.4. The second kappa shape index (κ2) is 4.23. The van der Waals surface area contributed by atoms with E-state index in [2.05, 4.69) is 5.32 Å². The van der Waals surface area contributed by atoms with E-state index in [-0.39, 0.29) is 11.5 Å². The number of nitrogens with one attached hydrogen (secondary N) is 1. The quantitative estimate of drug-likeness (QED) is 0.881. The Labute approximate surface area is 104 Å². The fourth-order valence-electron chi connectivity index (χ4n) is 1.75. The molecule has 0 saturated carbocycles. The Bertz CT molecular complexity index is 486. The molecule has 0 radical (unpaired) electrons. The SMILES string of the molecule is CC1Oc2ccc(C(F)(F)C(C)C)cc2NC1=O. The summed E-state index contributed by atoms with van der Waals surface area (Å²) in [5.41, 5.74) is 0.186. The van der Waals surface area contributed by atoms with E-state index in [1.54, 1.807) is 6.92 Å². The van der Waals surface area contributed by atoms with Crippen molar-refractivity contribution in [1.82, 2.24) is 0 Å². The summed E-state index contributed by atoms with van der Waals surface area (Å²) in [7, 11) is 0. The normalized spacial score (nSPS) is 19.2. The van der Waals surface area contributed by atoms with Crippen LogP contribution in [0.25, 0.3) is 0 Å². The first-order valence-corrected chi connectivity index (χ1v) is 5.82. The molecule has 2 rings (SSSR count). The number of anilines is 1. The van der Waals surface area contributed by atoms with E-state index in [0.29, 0.717) is 11.4 Å². The molecule has 0 fully saturated rings. The number of alkyl halides is 2. The van der Waals surface area contributed by atoms with Gasteiger partial charge < -0.3 is 10.1 Å². The molecule has 0 saturated heterocycles. The van der Waals surface area contributed by atoms with Gasteiger partial charge in [0.1, 0.15) is 5.75 Å². The summed E-state index contributed by atoms with van der Waals surface area (Å²) in [6.45, 7) is 4.52. The topological polar surface area (TPSA) is 38.3 Å². The van der Waals surface area contributed by atoms with Gasteiger partial charge in [0, 0.05) is 11.5 Å². The number of amides is 1. The minimum Gasteiger partial charge on any atom is -0.479 e. The summed E-state index contributed by atoms with van der Waals surface area (Å²) in [6, 6.07) is 4.08. The van der Waals surface area contributed by atoms with E-state index < -0.39 is 17.9 Å². The van der Waals surface area contributed by atoms with Gasteiger partial charge >= 0.3 is 0 Å². The van der Waals surface area contributed by atoms with Crippen LogP contribution in [0.4, 0.5) is 14.5 Å². The van der Waals surface area contributed by atoms with E-state index >= 15 is 0 Å². The Balaban J connectivity index is 2.39. The maximum atomic E-state index is 13.9. The molecule has 1 unspecified atom stereocenters. The second-order valence-corrected chi connectivity index (χ2v) is 4.74. The number of rotatable bonds is 2. The molecule has 0 spiro atoms. The first kappa shape index (κ1) is 12.8. The number of hydrogen-bond acceptors (Lipinski definition) is 2. The van der Waals surface area contributed by atoms with E-state index in [1.165, 1.54) is 32.0 Å². The number of benzene rings is 1. The van der Waals surface area contributed by atoms with Crippen LogP contribution in [0.15, 0.2) is 18.2 Å². The Morgan fingerprint density at radius 1 is 1.39 bits per heavy atom. The molecule has 1 aliphatic heterocycles. The molecule has 1 N–H and O–H groups in total. The molecule has 1 aromatic rings. The summed E-state index contributed by atoms with van der Waals surface area (Å²) in [5.74, 6) is -3.64. The van der Waals surface area contributed by atoms with Crippen molar-refractivity contribution in [2.45, 2.75) is 32.8 Å². The smallest absolute Gasteiger partial charge is 0.275 e. The molecule has 1 heterocycles. The van der Waals surface area contributed by atoms with Crippen LogP contribution in [0.3, 0.4) is 0 Å². The highest BCUT2D eigenvalue weighted by molar-refractivity contribution is 5.97. The van der Waals surface area contributed by atoms with Crippen molar-refractivity contribution in [1.29, 1.82) is 0 Å². The third-order valence-corrected chi connectivity index (χ3v) is 3.02. The largest absolute Gasteiger partial charge is 0.479 e. The van der Waals surface area contributed by atoms with Gasteiger partial charge in [-0.3, -0.25) is 4.79 Å². The van der Waals surface area contributed by atoms with Gasteiger partial charge in [0.15, 0.2) is 6.10 Å². The van der Waals surface area contributed by atoms with Crippen LogP contribution in [0.2, 0.25) is 0 Å². The second-order valence-electron chi connectivity index (χ2n) is 4.74. The molecule has 18 heavy (non-hydrogen) atoms. The number of halogens is 2. The summed E-state index contributed by atoms with van der Waals surface area (Å²) in [6.07, 6.45) is -0.603. The molecule has 3 nitrogen and oxygen atoms in total. The Hall–Kier alpha value is -1.65. The highest BCUT2D eigenvalue weighted by Gasteiger charge is 2.36. The molecule has 0 bridgehead atoms. The molecule has 1 aromatic carbocycles. The molecule has 98 valence electrons. The van der Waals surface area contributed by atoms with Gasteiger partial charge in [-0.1, -0.05) is 13.8 Å². The van der Waals surface area contributed by atoms with Crippen molar-refractivity contribution in [2.24, 2.45) is 5.92 Å². The van der Waals surface area contributed by atoms with E-state index in [0.717, 1.165) is 0 Å². The lowest BCUT2D eigenvalue weighted by molar-refractivity contribution is -0.122. The Morgan fingerprint density at radius 2 is 2.06 bits per heavy atom. The zero-order valence-electron chi connectivity index (χ0n) is 10.5. The monoisotopic (exact) mass is 255 g/mol. The predicted octanol–water partition coefficient (Wildman–Crippen LogP) is 3.15. The Morgan fingerprint density at radius 3 is 2.67 bits per heavy atom. The number of hydrogen-bond donors (Lipinski definition) is 1. The average molecular weight is 255 g/mol. The number of carbonyl (C=O) groups excluding carboxylic acids is 1. The average Bonchev–Trinajstić information content (AvgIpc) is 2.29. The van der Waals surface area contributed by atoms with Crippen LogP contribution in [0.1, 0.15) is 26.3 Å². The van der Waals surface area contributed by atoms with Crippen LogP contribution < -0.4 is 10.1 Å². The molecular formula is C13H15F2NO2. The van der Waals surface area contributed by atoms with Crippen LogP contribution in [0, 0.1) is 5.92 Å². The van der Waals surface area contributed by atoms with Crippen LogP contribution in [-0.2, 0) is 10.7 Å². The highest BCUT2D eigenvalue weighted by atomic mass is 19.3. The third-order valence-electron chi connectivity index (χ3n) is 3.02. The summed E-state index contributed by atoms with van der Waals surface area (Å²) < 4.78 is 33.1. The van der Waals surface area contributed by atoms with E-state index in [9.17, 15) is 13.6 Å². The Kier molecular flexibility index (Phi) is 3.00. The zero-order valence-corrected chi connectivity index (χ0v) is 10.5. The number of fused-ring (bicyclic) bond motifs is 1. The molecule has 1 amide bonds. The van der Waals surface area contributed by atoms with E-state index in [1.807, 2.05) is 0 Å². The lowest BCUT2D eigenvalue weighted by atomic mass is 9.97. The van der Waals surface area contributed by atoms with Gasteiger partial charge in [-0.05, 0) is 25.1 Å². The lowest BCUT2D eigenvalue weighted by Crippen LogP contribution is -2.34. The fraction of sp³-hybridized carbons (Fsp3) is 0.462. The minimum atomic E-state index is -2.93. The van der Waals surface area contributed by atoms with Crippen LogP contribution >= 0.6 is 0 Å². The van der Waals surface area contributed by atoms with Gasteiger partial charge in [0.2, 0.25) is 0 Å². The van der Waals surface area contributed by atoms with Gasteiger partial charge in [-0.15, -0.1) is 0 Å². The van der Waals surface area contributed by atoms with Gasteiger partial charge in [0.25, 0.3) is 11.8 Å². The van der Waals surface area contributed by atoms with Gasteiger partial charge in [-0.2, -0.15) is 0 Å². The highest BCUT2D eigenvalue weighted by Crippen LogP contribution is 2.40. The first-order chi connectivity index (χ1) is 8.32. The van der Waals surface area contributed by atoms with Crippen molar-refractivity contribution in [3.05, 3.63) is 23.8 Å². The molecule has 5 heteroatoms.